The van der Waals surface area contributed by atoms with Crippen LogP contribution in [0.3, 0.4) is 0 Å². The molecular formula is C17H17ClFN3O2. The summed E-state index contributed by atoms with van der Waals surface area (Å²) in [4.78, 5) is 25.4. The lowest BCUT2D eigenvalue weighted by Gasteiger charge is -2.16. The predicted molar refractivity (Wildman–Crippen MR) is 92.6 cm³/mol. The highest BCUT2D eigenvalue weighted by Gasteiger charge is 2.11. The van der Waals surface area contributed by atoms with Gasteiger partial charge in [0, 0.05) is 16.4 Å². The summed E-state index contributed by atoms with van der Waals surface area (Å²) in [6, 6.07) is 12.4. The van der Waals surface area contributed by atoms with E-state index in [2.05, 4.69) is 10.6 Å². The lowest BCUT2D eigenvalue weighted by Crippen LogP contribution is -2.36. The maximum Gasteiger partial charge on any atom is 0.238 e. The normalized spacial score (nSPS) is 10.5. The van der Waals surface area contributed by atoms with E-state index < -0.39 is 5.82 Å². The van der Waals surface area contributed by atoms with Crippen molar-refractivity contribution in [2.45, 2.75) is 0 Å². The molecule has 126 valence electrons. The molecule has 2 aromatic rings. The lowest BCUT2D eigenvalue weighted by atomic mass is 10.3. The molecule has 2 N–H and O–H groups in total. The topological polar surface area (TPSA) is 61.4 Å². The molecule has 0 aliphatic heterocycles. The van der Waals surface area contributed by atoms with Gasteiger partial charge in [-0.15, -0.1) is 0 Å². The monoisotopic (exact) mass is 349 g/mol. The molecule has 5 nitrogen and oxygen atoms in total. The molecule has 0 heterocycles. The fourth-order valence-corrected chi connectivity index (χ4v) is 2.27. The van der Waals surface area contributed by atoms with Crippen LogP contribution < -0.4 is 10.6 Å². The van der Waals surface area contributed by atoms with Gasteiger partial charge in [-0.1, -0.05) is 23.7 Å². The van der Waals surface area contributed by atoms with Crippen LogP contribution in [0.4, 0.5) is 15.8 Å². The molecular weight excluding hydrogens is 333 g/mol. The first-order valence-corrected chi connectivity index (χ1v) is 7.59. The van der Waals surface area contributed by atoms with Crippen LogP contribution in [0, 0.1) is 5.82 Å². The summed E-state index contributed by atoms with van der Waals surface area (Å²) >= 11 is 5.85. The number of carbonyl (C=O) groups is 2. The quantitative estimate of drug-likeness (QED) is 0.842. The second-order valence-electron chi connectivity index (χ2n) is 5.29. The standard InChI is InChI=1S/C17H17ClFN3O2/c1-22(10-16(23)20-14-6-2-4-12(18)8-14)11-17(24)21-15-7-3-5-13(19)9-15/h2-9H,10-11H2,1H3,(H,20,23)(H,21,24). The van der Waals surface area contributed by atoms with Crippen molar-refractivity contribution in [2.24, 2.45) is 0 Å². The predicted octanol–water partition coefficient (Wildman–Crippen LogP) is 2.99. The molecule has 0 aliphatic carbocycles. The zero-order chi connectivity index (χ0) is 17.5. The van der Waals surface area contributed by atoms with Gasteiger partial charge in [-0.25, -0.2) is 4.39 Å². The van der Waals surface area contributed by atoms with E-state index in [1.807, 2.05) is 0 Å². The van der Waals surface area contributed by atoms with Crippen molar-refractivity contribution >= 4 is 34.8 Å². The van der Waals surface area contributed by atoms with E-state index in [9.17, 15) is 14.0 Å². The van der Waals surface area contributed by atoms with Crippen molar-refractivity contribution in [3.8, 4) is 0 Å². The van der Waals surface area contributed by atoms with Gasteiger partial charge >= 0.3 is 0 Å². The molecule has 0 bridgehead atoms. The Balaban J connectivity index is 1.80. The highest BCUT2D eigenvalue weighted by molar-refractivity contribution is 6.30. The summed E-state index contributed by atoms with van der Waals surface area (Å²) in [7, 11) is 1.64. The summed E-state index contributed by atoms with van der Waals surface area (Å²) in [6.07, 6.45) is 0. The summed E-state index contributed by atoms with van der Waals surface area (Å²) < 4.78 is 13.1. The van der Waals surface area contributed by atoms with Crippen LogP contribution in [-0.2, 0) is 9.59 Å². The Morgan fingerprint density at radius 2 is 1.54 bits per heavy atom. The van der Waals surface area contributed by atoms with Gasteiger partial charge in [0.15, 0.2) is 0 Å². The smallest absolute Gasteiger partial charge is 0.238 e. The third kappa shape index (κ3) is 5.98. The number of carbonyl (C=O) groups excluding carboxylic acids is 2. The first-order chi connectivity index (χ1) is 11.4. The van der Waals surface area contributed by atoms with Gasteiger partial charge < -0.3 is 10.6 Å². The summed E-state index contributed by atoms with van der Waals surface area (Å²) in [5.41, 5.74) is 0.960. The second-order valence-corrected chi connectivity index (χ2v) is 5.73. The Kier molecular flexibility index (Phi) is 6.28. The zero-order valence-electron chi connectivity index (χ0n) is 13.1. The Hall–Kier alpha value is -2.44. The van der Waals surface area contributed by atoms with E-state index in [0.717, 1.165) is 0 Å². The molecule has 0 aliphatic rings. The molecule has 0 saturated carbocycles. The van der Waals surface area contributed by atoms with Gasteiger partial charge in [0.05, 0.1) is 13.1 Å². The number of nitrogens with zero attached hydrogens (tertiary/aromatic N) is 1. The van der Waals surface area contributed by atoms with Crippen LogP contribution >= 0.6 is 11.6 Å². The van der Waals surface area contributed by atoms with Crippen molar-refractivity contribution in [3.05, 3.63) is 59.4 Å². The average Bonchev–Trinajstić information content (AvgIpc) is 2.46. The summed E-state index contributed by atoms with van der Waals surface area (Å²) in [5.74, 6) is -1.03. The number of hydrogen-bond acceptors (Lipinski definition) is 3. The van der Waals surface area contributed by atoms with Crippen LogP contribution in [-0.4, -0.2) is 36.9 Å². The Bertz CT molecular complexity index is 678. The molecule has 2 aromatic carbocycles. The van der Waals surface area contributed by atoms with Gasteiger partial charge in [-0.3, -0.25) is 14.5 Å². The molecule has 24 heavy (non-hydrogen) atoms. The molecule has 0 fully saturated rings. The molecule has 7 heteroatoms. The van der Waals surface area contributed by atoms with Crippen LogP contribution in [0.2, 0.25) is 5.02 Å². The summed E-state index contributed by atoms with van der Waals surface area (Å²) in [6.45, 7) is 0.0303. The number of benzene rings is 2. The van der Waals surface area contributed by atoms with E-state index >= 15 is 0 Å². The molecule has 0 spiro atoms. The van der Waals surface area contributed by atoms with E-state index in [4.69, 9.17) is 11.6 Å². The Morgan fingerprint density at radius 3 is 2.08 bits per heavy atom. The fraction of sp³-hybridized carbons (Fsp3) is 0.176. The van der Waals surface area contributed by atoms with Crippen molar-refractivity contribution < 1.29 is 14.0 Å². The number of hydrogen-bond donors (Lipinski definition) is 2. The van der Waals surface area contributed by atoms with Crippen LogP contribution in [0.25, 0.3) is 0 Å². The van der Waals surface area contributed by atoms with E-state index in [-0.39, 0.29) is 24.9 Å². The molecule has 0 saturated heterocycles. The average molecular weight is 350 g/mol. The largest absolute Gasteiger partial charge is 0.325 e. The van der Waals surface area contributed by atoms with Crippen LogP contribution in [0.5, 0.6) is 0 Å². The highest BCUT2D eigenvalue weighted by Crippen LogP contribution is 2.14. The molecule has 0 radical (unpaired) electrons. The Labute approximate surface area is 144 Å². The van der Waals surface area contributed by atoms with Crippen LogP contribution in [0.1, 0.15) is 0 Å². The minimum Gasteiger partial charge on any atom is -0.325 e. The van der Waals surface area contributed by atoms with Crippen molar-refractivity contribution in [1.82, 2.24) is 4.90 Å². The number of amides is 2. The van der Waals surface area contributed by atoms with Crippen molar-refractivity contribution in [1.29, 1.82) is 0 Å². The number of halogens is 2. The SMILES string of the molecule is CN(CC(=O)Nc1cccc(F)c1)CC(=O)Nc1cccc(Cl)c1. The first-order valence-electron chi connectivity index (χ1n) is 7.22. The number of anilines is 2. The highest BCUT2D eigenvalue weighted by atomic mass is 35.5. The number of nitrogens with one attached hydrogen (secondary N) is 2. The van der Waals surface area contributed by atoms with E-state index in [1.54, 1.807) is 42.3 Å². The van der Waals surface area contributed by atoms with Crippen molar-refractivity contribution in [3.63, 3.8) is 0 Å². The fourth-order valence-electron chi connectivity index (χ4n) is 2.08. The molecule has 2 rings (SSSR count). The number of likely N-dealkylation sites (N-methyl/N-ethyl adjacent to an activating group) is 1. The van der Waals surface area contributed by atoms with Gasteiger partial charge in [0.25, 0.3) is 0 Å². The van der Waals surface area contributed by atoms with E-state index in [0.29, 0.717) is 16.4 Å². The maximum atomic E-state index is 13.1. The zero-order valence-corrected chi connectivity index (χ0v) is 13.8. The third-order valence-electron chi connectivity index (χ3n) is 3.04. The first kappa shape index (κ1) is 17.9. The van der Waals surface area contributed by atoms with Gasteiger partial charge in [0.1, 0.15) is 5.82 Å². The Morgan fingerprint density at radius 1 is 1.00 bits per heavy atom. The minimum absolute atomic E-state index is 0.000517. The van der Waals surface area contributed by atoms with Crippen LogP contribution in [0.15, 0.2) is 48.5 Å². The summed E-state index contributed by atoms with van der Waals surface area (Å²) in [5, 5.41) is 5.80. The van der Waals surface area contributed by atoms with Gasteiger partial charge in [0.2, 0.25) is 11.8 Å². The molecule has 2 amide bonds. The molecule has 0 aromatic heterocycles. The minimum atomic E-state index is -0.429. The number of rotatable bonds is 6. The van der Waals surface area contributed by atoms with Gasteiger partial charge in [-0.2, -0.15) is 0 Å². The van der Waals surface area contributed by atoms with Gasteiger partial charge in [-0.05, 0) is 43.4 Å². The lowest BCUT2D eigenvalue weighted by molar-refractivity contribution is -0.119. The maximum absolute atomic E-state index is 13.1. The second kappa shape index (κ2) is 8.42. The third-order valence-corrected chi connectivity index (χ3v) is 3.28. The molecule has 0 atom stereocenters. The van der Waals surface area contributed by atoms with E-state index in [1.165, 1.54) is 18.2 Å². The van der Waals surface area contributed by atoms with Crippen molar-refractivity contribution in [2.75, 3.05) is 30.8 Å². The molecule has 0 unspecified atom stereocenters.